The Kier molecular flexibility index (Phi) is 4.95. The van der Waals surface area contributed by atoms with Crippen LogP contribution in [0, 0.1) is 11.8 Å². The average Bonchev–Trinajstić information content (AvgIpc) is 2.79. The molecule has 3 unspecified atom stereocenters. The van der Waals surface area contributed by atoms with Crippen molar-refractivity contribution >= 4 is 27.2 Å². The Labute approximate surface area is 131 Å². The van der Waals surface area contributed by atoms with Crippen LogP contribution in [0.25, 0.3) is 0 Å². The lowest BCUT2D eigenvalue weighted by molar-refractivity contribution is 0.368. The van der Waals surface area contributed by atoms with E-state index in [2.05, 4.69) is 23.6 Å². The van der Waals surface area contributed by atoms with Crippen molar-refractivity contribution in [2.24, 2.45) is 17.6 Å². The van der Waals surface area contributed by atoms with Gasteiger partial charge in [-0.05, 0) is 36.8 Å². The minimum Gasteiger partial charge on any atom is -0.388 e. The summed E-state index contributed by atoms with van der Waals surface area (Å²) >= 11 is 4.88. The predicted octanol–water partition coefficient (Wildman–Crippen LogP) is 1.82. The van der Waals surface area contributed by atoms with Crippen molar-refractivity contribution in [3.8, 4) is 0 Å². The second-order valence-corrected chi connectivity index (χ2v) is 7.67. The highest BCUT2D eigenvalue weighted by molar-refractivity contribution is 7.89. The highest BCUT2D eigenvalue weighted by Gasteiger charge is 2.35. The van der Waals surface area contributed by atoms with Gasteiger partial charge in [0.1, 0.15) is 15.6 Å². The highest BCUT2D eigenvalue weighted by atomic mass is 32.2. The molecule has 3 atom stereocenters. The van der Waals surface area contributed by atoms with E-state index < -0.39 is 10.0 Å². The third kappa shape index (κ3) is 3.41. The number of rotatable bonds is 5. The first-order valence-electron chi connectivity index (χ1n) is 7.14. The second kappa shape index (κ2) is 6.37. The van der Waals surface area contributed by atoms with E-state index in [-0.39, 0.29) is 21.6 Å². The molecule has 1 aromatic heterocycles. The Morgan fingerprint density at radius 3 is 2.81 bits per heavy atom. The van der Waals surface area contributed by atoms with Crippen molar-refractivity contribution in [3.63, 3.8) is 0 Å². The van der Waals surface area contributed by atoms with E-state index >= 15 is 0 Å². The topological polar surface area (TPSA) is 85.1 Å². The minimum atomic E-state index is -3.66. The molecule has 0 bridgehead atoms. The average molecular weight is 327 g/mol. The molecule has 0 amide bonds. The molecule has 0 radical (unpaired) electrons. The van der Waals surface area contributed by atoms with Crippen LogP contribution < -0.4 is 10.5 Å². The van der Waals surface area contributed by atoms with Gasteiger partial charge in [0, 0.05) is 12.2 Å². The Bertz CT molecular complexity index is 631. The largest absolute Gasteiger partial charge is 0.388 e. The standard InChI is InChI=1S/C14H21N3O2S2/c1-3-10-6-7-11(9(10)2)17-21(18,19)12-5-4-8-16-13(12)14(15)20/h4-5,8-11,17H,3,6-7H2,1-2H3,(H2,15,20). The maximum Gasteiger partial charge on any atom is 0.243 e. The number of hydrogen-bond donors (Lipinski definition) is 2. The molecule has 0 aliphatic heterocycles. The first kappa shape index (κ1) is 16.3. The first-order chi connectivity index (χ1) is 9.86. The van der Waals surface area contributed by atoms with Gasteiger partial charge in [-0.2, -0.15) is 0 Å². The van der Waals surface area contributed by atoms with Crippen LogP contribution >= 0.6 is 12.2 Å². The quantitative estimate of drug-likeness (QED) is 0.806. The van der Waals surface area contributed by atoms with Crippen LogP contribution in [0.2, 0.25) is 0 Å². The number of aromatic nitrogens is 1. The number of nitrogens with two attached hydrogens (primary N) is 1. The Morgan fingerprint density at radius 1 is 1.52 bits per heavy atom. The number of nitrogens with one attached hydrogen (secondary N) is 1. The third-order valence-electron chi connectivity index (χ3n) is 4.35. The summed E-state index contributed by atoms with van der Waals surface area (Å²) in [5, 5.41) is 0. The summed E-state index contributed by atoms with van der Waals surface area (Å²) in [6, 6.07) is 3.02. The van der Waals surface area contributed by atoms with E-state index in [0.717, 1.165) is 19.3 Å². The summed E-state index contributed by atoms with van der Waals surface area (Å²) in [4.78, 5) is 4.03. The fourth-order valence-electron chi connectivity index (χ4n) is 3.05. The molecule has 5 nitrogen and oxygen atoms in total. The van der Waals surface area contributed by atoms with E-state index in [9.17, 15) is 8.42 Å². The van der Waals surface area contributed by atoms with E-state index in [4.69, 9.17) is 18.0 Å². The lowest BCUT2D eigenvalue weighted by Crippen LogP contribution is -2.38. The maximum absolute atomic E-state index is 12.6. The number of nitrogens with zero attached hydrogens (tertiary/aromatic N) is 1. The van der Waals surface area contributed by atoms with Gasteiger partial charge in [0.25, 0.3) is 0 Å². The van der Waals surface area contributed by atoms with E-state index in [1.807, 2.05) is 0 Å². The first-order valence-corrected chi connectivity index (χ1v) is 9.03. The molecule has 1 aliphatic carbocycles. The van der Waals surface area contributed by atoms with Gasteiger partial charge < -0.3 is 5.73 Å². The molecule has 2 rings (SSSR count). The summed E-state index contributed by atoms with van der Waals surface area (Å²) < 4.78 is 28.0. The van der Waals surface area contributed by atoms with Crippen LogP contribution in [0.15, 0.2) is 23.2 Å². The van der Waals surface area contributed by atoms with Crippen LogP contribution in [0.4, 0.5) is 0 Å². The molecule has 21 heavy (non-hydrogen) atoms. The van der Waals surface area contributed by atoms with Crippen LogP contribution in [-0.2, 0) is 10.0 Å². The lowest BCUT2D eigenvalue weighted by Gasteiger charge is -2.21. The molecule has 1 heterocycles. The van der Waals surface area contributed by atoms with Crippen molar-refractivity contribution < 1.29 is 8.42 Å². The molecule has 116 valence electrons. The Balaban J connectivity index is 2.26. The molecule has 1 aliphatic rings. The number of sulfonamides is 1. The molecule has 1 saturated carbocycles. The molecule has 3 N–H and O–H groups in total. The van der Waals surface area contributed by atoms with Gasteiger partial charge in [0.2, 0.25) is 10.0 Å². The Hall–Kier alpha value is -1.05. The summed E-state index contributed by atoms with van der Waals surface area (Å²) in [5.41, 5.74) is 5.72. The molecule has 0 spiro atoms. The summed E-state index contributed by atoms with van der Waals surface area (Å²) in [7, 11) is -3.66. The molecule has 1 fully saturated rings. The van der Waals surface area contributed by atoms with Crippen LogP contribution in [-0.4, -0.2) is 24.4 Å². The van der Waals surface area contributed by atoms with E-state index in [1.54, 1.807) is 6.07 Å². The second-order valence-electron chi connectivity index (χ2n) is 5.55. The molecule has 1 aromatic rings. The van der Waals surface area contributed by atoms with Gasteiger partial charge >= 0.3 is 0 Å². The molecule has 7 heteroatoms. The van der Waals surface area contributed by atoms with Gasteiger partial charge in [-0.1, -0.05) is 32.5 Å². The van der Waals surface area contributed by atoms with Crippen LogP contribution in [0.1, 0.15) is 38.8 Å². The third-order valence-corrected chi connectivity index (χ3v) is 6.07. The van der Waals surface area contributed by atoms with Crippen LogP contribution in [0.3, 0.4) is 0 Å². The molecule has 0 aromatic carbocycles. The van der Waals surface area contributed by atoms with Gasteiger partial charge in [-0.25, -0.2) is 13.1 Å². The zero-order valence-electron chi connectivity index (χ0n) is 12.2. The van der Waals surface area contributed by atoms with Crippen molar-refractivity contribution in [3.05, 3.63) is 24.0 Å². The Morgan fingerprint density at radius 2 is 2.24 bits per heavy atom. The number of hydrogen-bond acceptors (Lipinski definition) is 4. The predicted molar refractivity (Wildman–Crippen MR) is 86.4 cm³/mol. The monoisotopic (exact) mass is 327 g/mol. The SMILES string of the molecule is CCC1CCC(NS(=O)(=O)c2cccnc2C(N)=S)C1C. The molecular formula is C14H21N3O2S2. The van der Waals surface area contributed by atoms with Crippen molar-refractivity contribution in [2.45, 2.75) is 44.0 Å². The van der Waals surface area contributed by atoms with E-state index in [0.29, 0.717) is 11.8 Å². The number of pyridine rings is 1. The maximum atomic E-state index is 12.6. The van der Waals surface area contributed by atoms with Crippen molar-refractivity contribution in [2.75, 3.05) is 0 Å². The van der Waals surface area contributed by atoms with Crippen molar-refractivity contribution in [1.82, 2.24) is 9.71 Å². The highest BCUT2D eigenvalue weighted by Crippen LogP contribution is 2.34. The summed E-state index contributed by atoms with van der Waals surface area (Å²) in [5.74, 6) is 0.899. The molecule has 0 saturated heterocycles. The zero-order valence-corrected chi connectivity index (χ0v) is 13.9. The van der Waals surface area contributed by atoms with Gasteiger partial charge in [-0.3, -0.25) is 4.98 Å². The fraction of sp³-hybridized carbons (Fsp3) is 0.571. The summed E-state index contributed by atoms with van der Waals surface area (Å²) in [6.45, 7) is 4.25. The zero-order chi connectivity index (χ0) is 15.6. The van der Waals surface area contributed by atoms with Gasteiger partial charge in [0.05, 0.1) is 0 Å². The van der Waals surface area contributed by atoms with Crippen LogP contribution in [0.5, 0.6) is 0 Å². The molecular weight excluding hydrogens is 306 g/mol. The normalized spacial score (nSPS) is 25.9. The van der Waals surface area contributed by atoms with E-state index in [1.165, 1.54) is 12.3 Å². The smallest absolute Gasteiger partial charge is 0.243 e. The summed E-state index contributed by atoms with van der Waals surface area (Å²) in [6.07, 6.45) is 4.48. The lowest BCUT2D eigenvalue weighted by atomic mass is 9.94. The number of thiocarbonyl (C=S) groups is 1. The fourth-order valence-corrected chi connectivity index (χ4v) is 4.81. The van der Waals surface area contributed by atoms with Gasteiger partial charge in [0.15, 0.2) is 0 Å². The minimum absolute atomic E-state index is 0.0121. The van der Waals surface area contributed by atoms with Gasteiger partial charge in [-0.15, -0.1) is 0 Å². The van der Waals surface area contributed by atoms with Crippen molar-refractivity contribution in [1.29, 1.82) is 0 Å².